The first-order chi connectivity index (χ1) is 15.7. The second-order valence-corrected chi connectivity index (χ2v) is 8.45. The summed E-state index contributed by atoms with van der Waals surface area (Å²) >= 11 is 0. The highest BCUT2D eigenvalue weighted by Gasteiger charge is 2.49. The number of amides is 4. The molecule has 2 heterocycles. The number of Topliss-reactive ketones (excluding diaryl/α,β-unsaturated/α-hetero) is 1. The van der Waals surface area contributed by atoms with E-state index in [1.165, 1.54) is 0 Å². The predicted octanol–water partition coefficient (Wildman–Crippen LogP) is 2.70. The van der Waals surface area contributed by atoms with Crippen molar-refractivity contribution < 1.29 is 28.7 Å². The Hall–Kier alpha value is -3.88. The van der Waals surface area contributed by atoms with Crippen molar-refractivity contribution in [2.75, 3.05) is 25.1 Å². The minimum Gasteiger partial charge on any atom is -0.486 e. The third-order valence-corrected chi connectivity index (χ3v) is 5.70. The number of ketones is 1. The summed E-state index contributed by atoms with van der Waals surface area (Å²) in [5.41, 5.74) is 0.0841. The fourth-order valence-corrected chi connectivity index (χ4v) is 3.65. The first-order valence-corrected chi connectivity index (χ1v) is 10.7. The molecule has 2 aromatic carbocycles. The molecule has 9 nitrogen and oxygen atoms in total. The lowest BCUT2D eigenvalue weighted by Gasteiger charge is -2.25. The van der Waals surface area contributed by atoms with E-state index in [1.807, 2.05) is 0 Å². The smallest absolute Gasteiger partial charge is 0.325 e. The number of fused-ring (bicyclic) bond motifs is 1. The van der Waals surface area contributed by atoms with Gasteiger partial charge >= 0.3 is 6.03 Å². The van der Waals surface area contributed by atoms with Gasteiger partial charge in [-0.2, -0.15) is 0 Å². The summed E-state index contributed by atoms with van der Waals surface area (Å²) in [5.74, 6) is -0.155. The van der Waals surface area contributed by atoms with Gasteiger partial charge in [0.25, 0.3) is 5.91 Å². The number of urea groups is 1. The van der Waals surface area contributed by atoms with E-state index in [0.717, 1.165) is 4.90 Å². The van der Waals surface area contributed by atoms with Crippen LogP contribution in [0.5, 0.6) is 11.5 Å². The summed E-state index contributed by atoms with van der Waals surface area (Å²) in [6.07, 6.45) is 0. The number of benzene rings is 2. The zero-order chi connectivity index (χ0) is 23.8. The molecule has 0 spiro atoms. The summed E-state index contributed by atoms with van der Waals surface area (Å²) in [4.78, 5) is 51.3. The number of nitrogens with one attached hydrogen (secondary N) is 2. The van der Waals surface area contributed by atoms with Gasteiger partial charge < -0.3 is 20.1 Å². The molecule has 4 rings (SSSR count). The maximum Gasteiger partial charge on any atom is 0.325 e. The van der Waals surface area contributed by atoms with Crippen molar-refractivity contribution in [2.24, 2.45) is 5.92 Å². The number of nitrogens with zero attached hydrogens (tertiary/aromatic N) is 1. The quantitative estimate of drug-likeness (QED) is 0.516. The molecule has 1 fully saturated rings. The number of anilines is 1. The van der Waals surface area contributed by atoms with Crippen molar-refractivity contribution in [3.05, 3.63) is 53.6 Å². The third kappa shape index (κ3) is 4.26. The zero-order valence-corrected chi connectivity index (χ0v) is 18.6. The molecule has 2 N–H and O–H groups in total. The number of imide groups is 1. The topological polar surface area (TPSA) is 114 Å². The van der Waals surface area contributed by atoms with Crippen molar-refractivity contribution in [1.82, 2.24) is 10.2 Å². The zero-order valence-electron chi connectivity index (χ0n) is 18.6. The first kappa shape index (κ1) is 22.3. The van der Waals surface area contributed by atoms with E-state index in [4.69, 9.17) is 9.47 Å². The average Bonchev–Trinajstić information content (AvgIpc) is 3.02. The van der Waals surface area contributed by atoms with Gasteiger partial charge in [-0.05, 0) is 48.9 Å². The van der Waals surface area contributed by atoms with Gasteiger partial charge in [0.05, 0.1) is 6.54 Å². The highest BCUT2D eigenvalue weighted by molar-refractivity contribution is 6.11. The lowest BCUT2D eigenvalue weighted by Crippen LogP contribution is -2.41. The summed E-state index contributed by atoms with van der Waals surface area (Å²) in [6, 6.07) is 10.7. The van der Waals surface area contributed by atoms with Crippen molar-refractivity contribution >= 4 is 29.3 Å². The van der Waals surface area contributed by atoms with E-state index in [2.05, 4.69) is 10.6 Å². The second kappa shape index (κ2) is 8.57. The molecule has 33 heavy (non-hydrogen) atoms. The molecule has 172 valence electrons. The fourth-order valence-electron chi connectivity index (χ4n) is 3.65. The summed E-state index contributed by atoms with van der Waals surface area (Å²) in [5, 5.41) is 5.44. The van der Waals surface area contributed by atoms with Crippen molar-refractivity contribution in [3.8, 4) is 11.5 Å². The van der Waals surface area contributed by atoms with Crippen LogP contribution in [-0.2, 0) is 15.1 Å². The Morgan fingerprint density at radius 3 is 2.39 bits per heavy atom. The van der Waals surface area contributed by atoms with Gasteiger partial charge in [0.1, 0.15) is 18.8 Å². The Morgan fingerprint density at radius 2 is 1.73 bits per heavy atom. The first-order valence-electron chi connectivity index (χ1n) is 10.7. The van der Waals surface area contributed by atoms with E-state index < -0.39 is 29.8 Å². The van der Waals surface area contributed by atoms with Crippen LogP contribution in [0, 0.1) is 5.92 Å². The van der Waals surface area contributed by atoms with Gasteiger partial charge in [-0.25, -0.2) is 4.79 Å². The lowest BCUT2D eigenvalue weighted by atomic mass is 9.91. The second-order valence-electron chi connectivity index (χ2n) is 8.45. The van der Waals surface area contributed by atoms with Crippen LogP contribution in [0.4, 0.5) is 10.5 Å². The molecule has 0 saturated carbocycles. The van der Waals surface area contributed by atoms with Crippen LogP contribution in [0.25, 0.3) is 0 Å². The monoisotopic (exact) mass is 451 g/mol. The van der Waals surface area contributed by atoms with Crippen LogP contribution in [-0.4, -0.2) is 48.3 Å². The van der Waals surface area contributed by atoms with Crippen molar-refractivity contribution in [1.29, 1.82) is 0 Å². The van der Waals surface area contributed by atoms with Crippen molar-refractivity contribution in [3.63, 3.8) is 0 Å². The Balaban J connectivity index is 1.48. The number of hydrogen-bond acceptors (Lipinski definition) is 6. The molecule has 0 aromatic heterocycles. The number of hydrogen-bond donors (Lipinski definition) is 2. The average molecular weight is 451 g/mol. The van der Waals surface area contributed by atoms with Gasteiger partial charge in [-0.3, -0.25) is 19.3 Å². The molecular formula is C24H25N3O6. The van der Waals surface area contributed by atoms with Gasteiger partial charge in [0.15, 0.2) is 17.3 Å². The van der Waals surface area contributed by atoms with Crippen LogP contribution >= 0.6 is 0 Å². The van der Waals surface area contributed by atoms with Crippen LogP contribution in [0.3, 0.4) is 0 Å². The number of carbonyl (C=O) groups is 4. The highest BCUT2D eigenvalue weighted by atomic mass is 16.6. The Morgan fingerprint density at radius 1 is 1.06 bits per heavy atom. The fraction of sp³-hybridized carbons (Fsp3) is 0.333. The Labute approximate surface area is 191 Å². The van der Waals surface area contributed by atoms with Gasteiger partial charge in [0, 0.05) is 17.2 Å². The van der Waals surface area contributed by atoms with Crippen molar-refractivity contribution in [2.45, 2.75) is 26.3 Å². The number of rotatable bonds is 6. The Bertz CT molecular complexity index is 1130. The van der Waals surface area contributed by atoms with E-state index in [-0.39, 0.29) is 11.8 Å². The van der Waals surface area contributed by atoms with E-state index in [1.54, 1.807) is 63.2 Å². The van der Waals surface area contributed by atoms with Gasteiger partial charge in [-0.15, -0.1) is 0 Å². The largest absolute Gasteiger partial charge is 0.486 e. The summed E-state index contributed by atoms with van der Waals surface area (Å²) in [6.45, 7) is 5.60. The number of carbonyl (C=O) groups excluding carboxylic acids is 4. The predicted molar refractivity (Wildman–Crippen MR) is 119 cm³/mol. The molecule has 9 heteroatoms. The molecule has 1 saturated heterocycles. The molecule has 0 unspecified atom stereocenters. The SMILES string of the molecule is CC(C)C(=O)Nc1ccc(C(=O)CN2C(=O)N[C@@](C)(c3ccc4c(c3)OCCO4)C2=O)cc1. The minimum absolute atomic E-state index is 0.133. The molecule has 0 radical (unpaired) electrons. The summed E-state index contributed by atoms with van der Waals surface area (Å²) < 4.78 is 11.1. The molecule has 0 aliphatic carbocycles. The molecule has 2 aromatic rings. The van der Waals surface area contributed by atoms with Gasteiger partial charge in [0.2, 0.25) is 5.91 Å². The number of ether oxygens (including phenoxy) is 2. The highest BCUT2D eigenvalue weighted by Crippen LogP contribution is 2.36. The summed E-state index contributed by atoms with van der Waals surface area (Å²) in [7, 11) is 0. The molecule has 0 bridgehead atoms. The van der Waals surface area contributed by atoms with Crippen LogP contribution in [0.15, 0.2) is 42.5 Å². The normalized spacial score (nSPS) is 19.5. The van der Waals surface area contributed by atoms with E-state index in [0.29, 0.717) is 41.5 Å². The molecule has 4 amide bonds. The van der Waals surface area contributed by atoms with Crippen LogP contribution in [0.2, 0.25) is 0 Å². The van der Waals surface area contributed by atoms with E-state index >= 15 is 0 Å². The Kier molecular flexibility index (Phi) is 5.80. The van der Waals surface area contributed by atoms with Crippen LogP contribution < -0.4 is 20.1 Å². The molecule has 2 aliphatic rings. The maximum atomic E-state index is 13.2. The molecule has 2 aliphatic heterocycles. The van der Waals surface area contributed by atoms with Crippen LogP contribution in [0.1, 0.15) is 36.7 Å². The standard InChI is InChI=1S/C24H25N3O6/c1-14(2)21(29)25-17-7-4-15(5-8-17)18(28)13-27-22(30)24(3,26-23(27)31)16-6-9-19-20(12-16)33-11-10-32-19/h4-9,12,14H,10-11,13H2,1-3H3,(H,25,29)(H,26,31)/t24-/m0/s1. The lowest BCUT2D eigenvalue weighted by molar-refractivity contribution is -0.130. The van der Waals surface area contributed by atoms with Gasteiger partial charge in [-0.1, -0.05) is 19.9 Å². The molecular weight excluding hydrogens is 426 g/mol. The minimum atomic E-state index is -1.34. The maximum absolute atomic E-state index is 13.2. The van der Waals surface area contributed by atoms with E-state index in [9.17, 15) is 19.2 Å². The molecule has 1 atom stereocenters. The third-order valence-electron chi connectivity index (χ3n) is 5.70.